The van der Waals surface area contributed by atoms with Gasteiger partial charge < -0.3 is 13.4 Å². The van der Waals surface area contributed by atoms with E-state index in [1.165, 1.54) is 21.8 Å². The Kier molecular flexibility index (Phi) is 6.83. The lowest BCUT2D eigenvalue weighted by molar-refractivity contribution is 0.668. The lowest BCUT2D eigenvalue weighted by Crippen LogP contribution is -2.00. The molecule has 0 spiro atoms. The predicted octanol–water partition coefficient (Wildman–Crippen LogP) is 13.4. The van der Waals surface area contributed by atoms with Crippen molar-refractivity contribution < 1.29 is 8.83 Å². The molecule has 0 atom stereocenters. The molecule has 0 radical (unpaired) electrons. The summed E-state index contributed by atoms with van der Waals surface area (Å²) in [5, 5.41) is 6.62. The minimum absolute atomic E-state index is 0.599. The van der Waals surface area contributed by atoms with Gasteiger partial charge in [-0.25, -0.2) is 15.0 Å². The summed E-state index contributed by atoms with van der Waals surface area (Å²) in [5.41, 5.74) is 11.5. The van der Waals surface area contributed by atoms with Crippen molar-refractivity contribution in [1.82, 2.24) is 19.5 Å². The van der Waals surface area contributed by atoms with Gasteiger partial charge in [-0.2, -0.15) is 0 Å². The van der Waals surface area contributed by atoms with Gasteiger partial charge in [-0.15, -0.1) is 0 Å². The van der Waals surface area contributed by atoms with Crippen LogP contribution in [0.1, 0.15) is 0 Å². The summed E-state index contributed by atoms with van der Waals surface area (Å²) in [6.07, 6.45) is 0. The number of benzene rings is 8. The lowest BCUT2D eigenvalue weighted by atomic mass is 10.00. The van der Waals surface area contributed by atoms with Crippen LogP contribution in [0.25, 0.3) is 117 Å². The molecule has 12 aromatic rings. The number of para-hydroxylation sites is 3. The quantitative estimate of drug-likeness (QED) is 0.176. The number of aromatic nitrogens is 4. The molecule has 0 saturated carbocycles. The van der Waals surface area contributed by atoms with Crippen LogP contribution in [0.5, 0.6) is 0 Å². The van der Waals surface area contributed by atoms with E-state index in [0.717, 1.165) is 77.4 Å². The average molecular weight is 731 g/mol. The summed E-state index contributed by atoms with van der Waals surface area (Å²) in [6, 6.07) is 62.7. The zero-order chi connectivity index (χ0) is 37.5. The Morgan fingerprint density at radius 3 is 1.53 bits per heavy atom. The summed E-state index contributed by atoms with van der Waals surface area (Å²) in [4.78, 5) is 14.8. The van der Waals surface area contributed by atoms with Crippen LogP contribution >= 0.6 is 0 Å². The van der Waals surface area contributed by atoms with Gasteiger partial charge in [0.25, 0.3) is 0 Å². The number of hydrogen-bond acceptors (Lipinski definition) is 5. The highest BCUT2D eigenvalue weighted by Gasteiger charge is 2.18. The van der Waals surface area contributed by atoms with Gasteiger partial charge in [-0.3, -0.25) is 0 Å². The van der Waals surface area contributed by atoms with E-state index >= 15 is 0 Å². The highest BCUT2D eigenvalue weighted by Crippen LogP contribution is 2.41. The van der Waals surface area contributed by atoms with Crippen molar-refractivity contribution >= 4 is 65.7 Å². The van der Waals surface area contributed by atoms with Crippen molar-refractivity contribution in [1.29, 1.82) is 0 Å². The largest absolute Gasteiger partial charge is 0.456 e. The molecule has 0 aliphatic carbocycles. The number of hydrogen-bond donors (Lipinski definition) is 0. The molecular weight excluding hydrogens is 701 g/mol. The second-order valence-electron chi connectivity index (χ2n) is 14.4. The molecule has 0 aliphatic rings. The molecule has 0 bridgehead atoms. The maximum absolute atomic E-state index is 6.79. The van der Waals surface area contributed by atoms with E-state index in [0.29, 0.717) is 17.5 Å². The fourth-order valence-corrected chi connectivity index (χ4v) is 8.38. The van der Waals surface area contributed by atoms with Crippen molar-refractivity contribution in [2.45, 2.75) is 0 Å². The molecule has 6 heteroatoms. The molecular formula is C51H30N4O2. The van der Waals surface area contributed by atoms with Gasteiger partial charge in [0, 0.05) is 66.3 Å². The second kappa shape index (κ2) is 12.3. The Hall–Kier alpha value is -7.83. The molecule has 0 N–H and O–H groups in total. The van der Waals surface area contributed by atoms with E-state index in [4.69, 9.17) is 23.8 Å². The summed E-state index contributed by atoms with van der Waals surface area (Å²) >= 11 is 0. The molecule has 57 heavy (non-hydrogen) atoms. The number of furan rings is 2. The zero-order valence-electron chi connectivity index (χ0n) is 30.4. The number of fused-ring (bicyclic) bond motifs is 9. The molecule has 12 rings (SSSR count). The minimum atomic E-state index is 0.599. The second-order valence-corrected chi connectivity index (χ2v) is 14.4. The molecule has 0 fully saturated rings. The van der Waals surface area contributed by atoms with E-state index < -0.39 is 0 Å². The molecule has 0 saturated heterocycles. The van der Waals surface area contributed by atoms with Crippen molar-refractivity contribution in [2.75, 3.05) is 0 Å². The van der Waals surface area contributed by atoms with Crippen LogP contribution in [0.2, 0.25) is 0 Å². The van der Waals surface area contributed by atoms with Crippen molar-refractivity contribution in [3.05, 3.63) is 182 Å². The smallest absolute Gasteiger partial charge is 0.164 e. The molecule has 0 aliphatic heterocycles. The Morgan fingerprint density at radius 2 is 0.877 bits per heavy atom. The van der Waals surface area contributed by atoms with Crippen molar-refractivity contribution in [3.8, 4) is 51.0 Å². The molecule has 6 nitrogen and oxygen atoms in total. The van der Waals surface area contributed by atoms with Crippen LogP contribution in [0.4, 0.5) is 0 Å². The van der Waals surface area contributed by atoms with E-state index in [-0.39, 0.29) is 0 Å². The molecule has 4 aromatic heterocycles. The molecule has 266 valence electrons. The third-order valence-corrected chi connectivity index (χ3v) is 11.1. The maximum atomic E-state index is 6.79. The van der Waals surface area contributed by atoms with Gasteiger partial charge in [-0.1, -0.05) is 121 Å². The SMILES string of the molecule is c1ccc(-c2nc(-c3ccccc3)nc(-c3ccc4oc5ccc(-c6cccc7c6oc6cc(-n8c9ccccc9c9ccccc98)ccc67)cc5c4c3)n2)cc1. The Bertz CT molecular complexity index is 3410. The van der Waals surface area contributed by atoms with E-state index in [1.807, 2.05) is 72.8 Å². The Morgan fingerprint density at radius 1 is 0.333 bits per heavy atom. The van der Waals surface area contributed by atoms with Crippen molar-refractivity contribution in [2.24, 2.45) is 0 Å². The van der Waals surface area contributed by atoms with Crippen molar-refractivity contribution in [3.63, 3.8) is 0 Å². The van der Waals surface area contributed by atoms with Crippen LogP contribution in [-0.2, 0) is 0 Å². The normalized spacial score (nSPS) is 11.9. The van der Waals surface area contributed by atoms with Gasteiger partial charge in [0.15, 0.2) is 17.5 Å². The van der Waals surface area contributed by atoms with Gasteiger partial charge in [0.05, 0.1) is 11.0 Å². The van der Waals surface area contributed by atoms with Crippen LogP contribution < -0.4 is 0 Å². The first kappa shape index (κ1) is 31.5. The van der Waals surface area contributed by atoms with Gasteiger partial charge in [0.2, 0.25) is 0 Å². The highest BCUT2D eigenvalue weighted by molar-refractivity contribution is 6.13. The Labute approximate surface area is 325 Å². The molecule has 0 unspecified atom stereocenters. The van der Waals surface area contributed by atoms with Gasteiger partial charge >= 0.3 is 0 Å². The summed E-state index contributed by atoms with van der Waals surface area (Å²) < 4.78 is 15.5. The van der Waals surface area contributed by atoms with Gasteiger partial charge in [-0.05, 0) is 60.2 Å². The van der Waals surface area contributed by atoms with E-state index in [9.17, 15) is 0 Å². The third kappa shape index (κ3) is 5.01. The topological polar surface area (TPSA) is 69.9 Å². The van der Waals surface area contributed by atoms with Crippen LogP contribution in [0.3, 0.4) is 0 Å². The van der Waals surface area contributed by atoms with E-state index in [1.54, 1.807) is 0 Å². The molecule has 8 aromatic carbocycles. The summed E-state index contributed by atoms with van der Waals surface area (Å²) in [7, 11) is 0. The summed E-state index contributed by atoms with van der Waals surface area (Å²) in [5.74, 6) is 1.85. The standard InChI is InChI=1S/C51H30N4O2/c1-3-12-31(13-4-1)49-52-50(32-14-5-2-6-15-32)54-51(53-49)34-23-27-46-42(29-34)41-28-33(22-26-45(41)56-46)36-18-11-19-40-39-25-24-35(30-47(39)57-48(36)40)55-43-20-9-7-16-37(43)38-17-8-10-21-44(38)55/h1-30H. The first-order valence-electron chi connectivity index (χ1n) is 19.0. The first-order chi connectivity index (χ1) is 28.2. The van der Waals surface area contributed by atoms with Crippen LogP contribution in [-0.4, -0.2) is 19.5 Å². The number of nitrogens with zero attached hydrogens (tertiary/aromatic N) is 4. The average Bonchev–Trinajstić information content (AvgIpc) is 3.95. The maximum Gasteiger partial charge on any atom is 0.164 e. The van der Waals surface area contributed by atoms with E-state index in [2.05, 4.69) is 114 Å². The zero-order valence-corrected chi connectivity index (χ0v) is 30.4. The fourth-order valence-electron chi connectivity index (χ4n) is 8.38. The summed E-state index contributed by atoms with van der Waals surface area (Å²) in [6.45, 7) is 0. The van der Waals surface area contributed by atoms with Crippen LogP contribution in [0.15, 0.2) is 191 Å². The fraction of sp³-hybridized carbons (Fsp3) is 0. The Balaban J connectivity index is 0.986. The predicted molar refractivity (Wildman–Crippen MR) is 230 cm³/mol. The first-order valence-corrected chi connectivity index (χ1v) is 19.0. The molecule has 0 amide bonds. The third-order valence-electron chi connectivity index (χ3n) is 11.1. The van der Waals surface area contributed by atoms with Crippen LogP contribution in [0, 0.1) is 0 Å². The van der Waals surface area contributed by atoms with Gasteiger partial charge in [0.1, 0.15) is 22.3 Å². The minimum Gasteiger partial charge on any atom is -0.456 e. The monoisotopic (exact) mass is 730 g/mol. The highest BCUT2D eigenvalue weighted by atomic mass is 16.3. The number of rotatable bonds is 5. The lowest BCUT2D eigenvalue weighted by Gasteiger charge is -2.08. The molecule has 4 heterocycles.